The van der Waals surface area contributed by atoms with Crippen molar-refractivity contribution in [3.8, 4) is 5.75 Å². The molecule has 3 atom stereocenters. The minimum atomic E-state index is -0.551. The molecule has 2 aromatic carbocycles. The normalized spacial score (nSPS) is 27.8. The number of ether oxygens (including phenoxy) is 2. The Bertz CT molecular complexity index is 1100. The summed E-state index contributed by atoms with van der Waals surface area (Å²) in [5, 5.41) is 3.15. The van der Waals surface area contributed by atoms with Crippen molar-refractivity contribution in [1.82, 2.24) is 15.1 Å². The van der Waals surface area contributed by atoms with Crippen LogP contribution < -0.4 is 10.1 Å². The highest BCUT2D eigenvalue weighted by molar-refractivity contribution is 6.00. The maximum Gasteiger partial charge on any atom is 0.258 e. The summed E-state index contributed by atoms with van der Waals surface area (Å²) < 4.78 is 12.4. The Morgan fingerprint density at radius 2 is 1.61 bits per heavy atom. The largest absolute Gasteiger partial charge is 0.493 e. The standard InChI is InChI=1S/C29H35N3O4/c33-28-26-19-31(22-16-20-6-1-2-7-21(20)17-22)13-14-32(26)29(34)25-10-3-4-11-27(25)35-15-12-23-8-5-9-24(36-23)18-30-28/h1-4,6-7,10-11,22-24,26H,5,8-9,12-19H2,(H,30,33)/t23-,24-,26-/m0/s1. The van der Waals surface area contributed by atoms with Gasteiger partial charge in [-0.3, -0.25) is 14.5 Å². The van der Waals surface area contributed by atoms with Gasteiger partial charge >= 0.3 is 0 Å². The molecule has 0 aromatic heterocycles. The molecule has 2 bridgehead atoms. The maximum absolute atomic E-state index is 13.8. The van der Waals surface area contributed by atoms with Gasteiger partial charge in [-0.05, 0) is 55.4 Å². The van der Waals surface area contributed by atoms with Gasteiger partial charge in [-0.25, -0.2) is 0 Å². The third-order valence-electron chi connectivity index (χ3n) is 8.28. The van der Waals surface area contributed by atoms with Gasteiger partial charge in [0.1, 0.15) is 11.8 Å². The number of rotatable bonds is 1. The van der Waals surface area contributed by atoms with E-state index in [2.05, 4.69) is 34.5 Å². The van der Waals surface area contributed by atoms with Crippen LogP contribution in [0, 0.1) is 0 Å². The second-order valence-corrected chi connectivity index (χ2v) is 10.5. The fourth-order valence-electron chi connectivity index (χ4n) is 6.30. The van der Waals surface area contributed by atoms with E-state index >= 15 is 0 Å². The molecule has 1 N–H and O–H groups in total. The second-order valence-electron chi connectivity index (χ2n) is 10.5. The van der Waals surface area contributed by atoms with Gasteiger partial charge in [0.05, 0.1) is 24.4 Å². The molecule has 4 aliphatic rings. The van der Waals surface area contributed by atoms with E-state index in [0.29, 0.717) is 43.6 Å². The van der Waals surface area contributed by atoms with Crippen LogP contribution in [0.3, 0.4) is 0 Å². The zero-order chi connectivity index (χ0) is 24.5. The molecule has 7 heteroatoms. The first-order chi connectivity index (χ1) is 17.7. The molecule has 190 valence electrons. The van der Waals surface area contributed by atoms with Crippen molar-refractivity contribution in [3.63, 3.8) is 0 Å². The Morgan fingerprint density at radius 1 is 0.861 bits per heavy atom. The molecule has 6 rings (SSSR count). The maximum atomic E-state index is 13.8. The lowest BCUT2D eigenvalue weighted by Crippen LogP contribution is -2.62. The number of benzene rings is 2. The van der Waals surface area contributed by atoms with Crippen molar-refractivity contribution in [2.45, 2.75) is 62.8 Å². The van der Waals surface area contributed by atoms with Crippen molar-refractivity contribution in [3.05, 3.63) is 65.2 Å². The molecule has 0 saturated carbocycles. The van der Waals surface area contributed by atoms with E-state index in [1.54, 1.807) is 4.90 Å². The molecular weight excluding hydrogens is 454 g/mol. The van der Waals surface area contributed by atoms with E-state index in [9.17, 15) is 9.59 Å². The predicted octanol–water partition coefficient (Wildman–Crippen LogP) is 2.82. The average molecular weight is 490 g/mol. The van der Waals surface area contributed by atoms with E-state index in [-0.39, 0.29) is 24.0 Å². The summed E-state index contributed by atoms with van der Waals surface area (Å²) in [6.45, 7) is 2.80. The van der Waals surface area contributed by atoms with Gasteiger partial charge in [-0.2, -0.15) is 0 Å². The number of nitrogens with one attached hydrogen (secondary N) is 1. The van der Waals surface area contributed by atoms with Crippen molar-refractivity contribution in [2.24, 2.45) is 0 Å². The summed E-state index contributed by atoms with van der Waals surface area (Å²) in [4.78, 5) is 31.6. The summed E-state index contributed by atoms with van der Waals surface area (Å²) in [6, 6.07) is 15.8. The van der Waals surface area contributed by atoms with Gasteiger partial charge < -0.3 is 19.7 Å². The number of carbonyl (C=O) groups is 2. The Balaban J connectivity index is 1.26. The Labute approximate surface area is 212 Å². The van der Waals surface area contributed by atoms with Gasteiger partial charge in [-0.15, -0.1) is 0 Å². The van der Waals surface area contributed by atoms with E-state index in [1.165, 1.54) is 11.1 Å². The van der Waals surface area contributed by atoms with Crippen LogP contribution in [0.5, 0.6) is 5.75 Å². The Kier molecular flexibility index (Phi) is 6.67. The average Bonchev–Trinajstić information content (AvgIpc) is 3.36. The molecule has 1 aliphatic carbocycles. The number of hydrogen-bond donors (Lipinski definition) is 1. The quantitative estimate of drug-likeness (QED) is 0.667. The highest BCUT2D eigenvalue weighted by Gasteiger charge is 2.40. The van der Waals surface area contributed by atoms with Crippen LogP contribution in [0.15, 0.2) is 48.5 Å². The molecule has 2 fully saturated rings. The minimum absolute atomic E-state index is 0.0103. The molecule has 7 nitrogen and oxygen atoms in total. The highest BCUT2D eigenvalue weighted by atomic mass is 16.5. The van der Waals surface area contributed by atoms with Crippen molar-refractivity contribution < 1.29 is 19.1 Å². The van der Waals surface area contributed by atoms with Crippen LogP contribution in [-0.4, -0.2) is 78.7 Å². The minimum Gasteiger partial charge on any atom is -0.493 e. The topological polar surface area (TPSA) is 71.1 Å². The molecule has 3 aliphatic heterocycles. The van der Waals surface area contributed by atoms with Gasteiger partial charge in [0.2, 0.25) is 5.91 Å². The third kappa shape index (κ3) is 4.74. The lowest BCUT2D eigenvalue weighted by atomic mass is 10.0. The molecular formula is C29H35N3O4. The fourth-order valence-corrected chi connectivity index (χ4v) is 6.30. The molecule has 0 unspecified atom stereocenters. The van der Waals surface area contributed by atoms with E-state index in [0.717, 1.165) is 45.1 Å². The SMILES string of the molecule is O=C1NC[C@@H]2CCC[C@@H](CCOc3ccccc3C(=O)N3CCN(C4Cc5ccccc5C4)C[C@@H]13)O2. The molecule has 2 saturated heterocycles. The summed E-state index contributed by atoms with van der Waals surface area (Å²) in [6.07, 6.45) is 5.93. The number of piperazine rings is 1. The van der Waals surface area contributed by atoms with Crippen molar-refractivity contribution >= 4 is 11.8 Å². The van der Waals surface area contributed by atoms with Crippen LogP contribution in [0.25, 0.3) is 0 Å². The number of fused-ring (bicyclic) bond motifs is 5. The number of nitrogens with zero attached hydrogens (tertiary/aromatic N) is 2. The van der Waals surface area contributed by atoms with Crippen LogP contribution in [-0.2, 0) is 22.4 Å². The lowest BCUT2D eigenvalue weighted by molar-refractivity contribution is -0.129. The smallest absolute Gasteiger partial charge is 0.258 e. The zero-order valence-corrected chi connectivity index (χ0v) is 20.7. The summed E-state index contributed by atoms with van der Waals surface area (Å²) >= 11 is 0. The van der Waals surface area contributed by atoms with Gasteiger partial charge in [0.15, 0.2) is 0 Å². The number of carbonyl (C=O) groups excluding carboxylic acids is 2. The molecule has 2 aromatic rings. The summed E-state index contributed by atoms with van der Waals surface area (Å²) in [5.41, 5.74) is 3.31. The Morgan fingerprint density at radius 3 is 2.44 bits per heavy atom. The number of amides is 2. The second kappa shape index (κ2) is 10.2. The van der Waals surface area contributed by atoms with Crippen molar-refractivity contribution in [1.29, 1.82) is 0 Å². The first-order valence-electron chi connectivity index (χ1n) is 13.4. The molecule has 3 heterocycles. The molecule has 0 radical (unpaired) electrons. The van der Waals surface area contributed by atoms with Gasteiger partial charge in [-0.1, -0.05) is 36.4 Å². The van der Waals surface area contributed by atoms with Gasteiger partial charge in [0, 0.05) is 38.6 Å². The third-order valence-corrected chi connectivity index (χ3v) is 8.28. The van der Waals surface area contributed by atoms with E-state index in [1.807, 2.05) is 24.3 Å². The zero-order valence-electron chi connectivity index (χ0n) is 20.7. The first-order valence-corrected chi connectivity index (χ1v) is 13.4. The van der Waals surface area contributed by atoms with Crippen LogP contribution in [0.4, 0.5) is 0 Å². The number of para-hydroxylation sites is 1. The van der Waals surface area contributed by atoms with Crippen LogP contribution >= 0.6 is 0 Å². The summed E-state index contributed by atoms with van der Waals surface area (Å²) in [7, 11) is 0. The Hall–Kier alpha value is -2.90. The number of hydrogen-bond acceptors (Lipinski definition) is 5. The van der Waals surface area contributed by atoms with Crippen molar-refractivity contribution in [2.75, 3.05) is 32.8 Å². The van der Waals surface area contributed by atoms with Crippen LogP contribution in [0.1, 0.15) is 47.2 Å². The highest BCUT2D eigenvalue weighted by Crippen LogP contribution is 2.29. The molecule has 0 spiro atoms. The fraction of sp³-hybridized carbons (Fsp3) is 0.517. The van der Waals surface area contributed by atoms with Gasteiger partial charge in [0.25, 0.3) is 5.91 Å². The summed E-state index contributed by atoms with van der Waals surface area (Å²) in [5.74, 6) is 0.359. The monoisotopic (exact) mass is 489 g/mol. The molecule has 36 heavy (non-hydrogen) atoms. The first kappa shape index (κ1) is 23.5. The molecule has 2 amide bonds. The van der Waals surface area contributed by atoms with E-state index in [4.69, 9.17) is 9.47 Å². The van der Waals surface area contributed by atoms with E-state index < -0.39 is 6.04 Å². The predicted molar refractivity (Wildman–Crippen MR) is 136 cm³/mol. The van der Waals surface area contributed by atoms with Crippen LogP contribution in [0.2, 0.25) is 0 Å². The lowest BCUT2D eigenvalue weighted by Gasteiger charge is -2.43.